The molecule has 3 aromatic rings. The minimum absolute atomic E-state index is 0.0762. The number of fused-ring (bicyclic) bond motifs is 1. The van der Waals surface area contributed by atoms with E-state index in [1.807, 2.05) is 26.0 Å². The Morgan fingerprint density at radius 2 is 1.69 bits per heavy atom. The lowest BCUT2D eigenvalue weighted by Gasteiger charge is -2.26. The minimum Gasteiger partial charge on any atom is -0.494 e. The molecule has 1 aliphatic heterocycles. The molecule has 0 fully saturated rings. The molecule has 1 aliphatic rings. The average molecular weight is 575 g/mol. The standard InChI is InChI=1S/C26H27BrN2O6S/c1-3-33-22-9-7-21(8-10-22)29(36(31,32)23-11-5-20(27)6-12-23)17-26(30)28-18(2)19-4-13-24-25(16-19)35-15-14-34-24/h4-13,16,18H,3,14-15,17H2,1-2H3,(H,28,30)/t18-/m0/s1. The van der Waals surface area contributed by atoms with Crippen molar-refractivity contribution in [2.75, 3.05) is 30.7 Å². The molecule has 8 nitrogen and oxygen atoms in total. The molecule has 0 aromatic heterocycles. The molecular formula is C26H27BrN2O6S. The summed E-state index contributed by atoms with van der Waals surface area (Å²) in [5, 5.41) is 2.89. The number of carbonyl (C=O) groups excluding carboxylic acids is 1. The van der Waals surface area contributed by atoms with Crippen LogP contribution in [0.25, 0.3) is 0 Å². The second-order valence-electron chi connectivity index (χ2n) is 8.08. The molecule has 0 saturated carbocycles. The second kappa shape index (κ2) is 11.2. The fraction of sp³-hybridized carbons (Fsp3) is 0.269. The molecule has 1 amide bonds. The van der Waals surface area contributed by atoms with Crippen LogP contribution in [0.3, 0.4) is 0 Å². The first-order valence-electron chi connectivity index (χ1n) is 11.5. The van der Waals surface area contributed by atoms with Gasteiger partial charge in [0.1, 0.15) is 25.5 Å². The van der Waals surface area contributed by atoms with Crippen molar-refractivity contribution in [3.63, 3.8) is 0 Å². The molecule has 1 N–H and O–H groups in total. The number of carbonyl (C=O) groups is 1. The zero-order valence-corrected chi connectivity index (χ0v) is 22.3. The van der Waals surface area contributed by atoms with Crippen molar-refractivity contribution in [1.29, 1.82) is 0 Å². The van der Waals surface area contributed by atoms with Gasteiger partial charge < -0.3 is 19.5 Å². The van der Waals surface area contributed by atoms with Crippen molar-refractivity contribution in [1.82, 2.24) is 5.32 Å². The summed E-state index contributed by atoms with van der Waals surface area (Å²) in [4.78, 5) is 13.2. The van der Waals surface area contributed by atoms with Gasteiger partial charge in [0, 0.05) is 4.47 Å². The van der Waals surface area contributed by atoms with E-state index in [0.717, 1.165) is 14.3 Å². The van der Waals surface area contributed by atoms with Crippen LogP contribution in [-0.4, -0.2) is 40.7 Å². The Morgan fingerprint density at radius 1 is 1.03 bits per heavy atom. The van der Waals surface area contributed by atoms with Crippen LogP contribution in [0.5, 0.6) is 17.2 Å². The van der Waals surface area contributed by atoms with E-state index in [-0.39, 0.29) is 10.9 Å². The Morgan fingerprint density at radius 3 is 2.36 bits per heavy atom. The predicted molar refractivity (Wildman–Crippen MR) is 140 cm³/mol. The molecule has 0 saturated heterocycles. The van der Waals surface area contributed by atoms with Crippen LogP contribution in [0, 0.1) is 0 Å². The molecule has 0 radical (unpaired) electrons. The summed E-state index contributed by atoms with van der Waals surface area (Å²) in [6.45, 7) is 4.73. The summed E-state index contributed by atoms with van der Waals surface area (Å²) in [5.74, 6) is 1.44. The fourth-order valence-electron chi connectivity index (χ4n) is 3.75. The summed E-state index contributed by atoms with van der Waals surface area (Å²) >= 11 is 3.33. The van der Waals surface area contributed by atoms with Gasteiger partial charge in [0.05, 0.1) is 23.2 Å². The Hall–Kier alpha value is -3.24. The topological polar surface area (TPSA) is 94.2 Å². The lowest BCUT2D eigenvalue weighted by Crippen LogP contribution is -2.41. The van der Waals surface area contributed by atoms with E-state index in [4.69, 9.17) is 14.2 Å². The molecule has 190 valence electrons. The molecule has 1 atom stereocenters. The number of ether oxygens (including phenoxy) is 3. The van der Waals surface area contributed by atoms with E-state index in [1.165, 1.54) is 12.1 Å². The smallest absolute Gasteiger partial charge is 0.264 e. The van der Waals surface area contributed by atoms with Crippen LogP contribution in [0.1, 0.15) is 25.5 Å². The number of anilines is 1. The van der Waals surface area contributed by atoms with Crippen LogP contribution >= 0.6 is 15.9 Å². The van der Waals surface area contributed by atoms with Crippen molar-refractivity contribution in [2.45, 2.75) is 24.8 Å². The van der Waals surface area contributed by atoms with Gasteiger partial charge in [-0.25, -0.2) is 8.42 Å². The predicted octanol–water partition coefficient (Wildman–Crippen LogP) is 4.69. The highest BCUT2D eigenvalue weighted by atomic mass is 79.9. The average Bonchev–Trinajstić information content (AvgIpc) is 2.88. The van der Waals surface area contributed by atoms with Gasteiger partial charge in [0.15, 0.2) is 11.5 Å². The molecule has 36 heavy (non-hydrogen) atoms. The largest absolute Gasteiger partial charge is 0.494 e. The van der Waals surface area contributed by atoms with Gasteiger partial charge in [-0.1, -0.05) is 22.0 Å². The molecule has 4 rings (SSSR count). The molecule has 0 unspecified atom stereocenters. The van der Waals surface area contributed by atoms with Crippen LogP contribution in [0.4, 0.5) is 5.69 Å². The molecule has 0 spiro atoms. The second-order valence-corrected chi connectivity index (χ2v) is 10.9. The van der Waals surface area contributed by atoms with Crippen molar-refractivity contribution in [2.24, 2.45) is 0 Å². The normalized spacial score (nSPS) is 13.5. The van der Waals surface area contributed by atoms with Gasteiger partial charge in [0.25, 0.3) is 10.0 Å². The summed E-state index contributed by atoms with van der Waals surface area (Å²) in [6, 6.07) is 18.0. The van der Waals surface area contributed by atoms with Crippen molar-refractivity contribution < 1.29 is 27.4 Å². The van der Waals surface area contributed by atoms with Gasteiger partial charge in [-0.15, -0.1) is 0 Å². The Kier molecular flexibility index (Phi) is 8.05. The summed E-state index contributed by atoms with van der Waals surface area (Å²) in [5.41, 5.74) is 1.17. The van der Waals surface area contributed by atoms with E-state index < -0.39 is 22.5 Å². The van der Waals surface area contributed by atoms with Gasteiger partial charge in [0.2, 0.25) is 5.91 Å². The maximum absolute atomic E-state index is 13.6. The number of benzene rings is 3. The number of halogens is 1. The third kappa shape index (κ3) is 5.93. The highest BCUT2D eigenvalue weighted by Gasteiger charge is 2.28. The number of rotatable bonds is 9. The van der Waals surface area contributed by atoms with E-state index in [2.05, 4.69) is 21.2 Å². The number of sulfonamides is 1. The first-order valence-corrected chi connectivity index (χ1v) is 13.7. The SMILES string of the molecule is CCOc1ccc(N(CC(=O)N[C@@H](C)c2ccc3c(c2)OCCO3)S(=O)(=O)c2ccc(Br)cc2)cc1. The third-order valence-electron chi connectivity index (χ3n) is 5.57. The van der Waals surface area contributed by atoms with Gasteiger partial charge in [-0.3, -0.25) is 9.10 Å². The summed E-state index contributed by atoms with van der Waals surface area (Å²) < 4.78 is 45.7. The van der Waals surface area contributed by atoms with Gasteiger partial charge in [-0.2, -0.15) is 0 Å². The number of nitrogens with one attached hydrogen (secondary N) is 1. The Bertz CT molecular complexity index is 1310. The zero-order chi connectivity index (χ0) is 25.7. The highest BCUT2D eigenvalue weighted by Crippen LogP contribution is 2.33. The first kappa shape index (κ1) is 25.8. The monoisotopic (exact) mass is 574 g/mol. The molecule has 10 heteroatoms. The van der Waals surface area contributed by atoms with Crippen molar-refractivity contribution in [3.05, 3.63) is 76.8 Å². The van der Waals surface area contributed by atoms with E-state index in [0.29, 0.717) is 42.8 Å². The van der Waals surface area contributed by atoms with Crippen LogP contribution in [0.2, 0.25) is 0 Å². The highest BCUT2D eigenvalue weighted by molar-refractivity contribution is 9.10. The first-order chi connectivity index (χ1) is 17.3. The zero-order valence-electron chi connectivity index (χ0n) is 19.9. The minimum atomic E-state index is -4.03. The summed E-state index contributed by atoms with van der Waals surface area (Å²) in [6.07, 6.45) is 0. The molecule has 0 aliphatic carbocycles. The number of nitrogens with zero attached hydrogens (tertiary/aromatic N) is 1. The van der Waals surface area contributed by atoms with E-state index in [1.54, 1.807) is 42.5 Å². The lowest BCUT2D eigenvalue weighted by atomic mass is 10.1. The van der Waals surface area contributed by atoms with Crippen LogP contribution in [0.15, 0.2) is 76.1 Å². The van der Waals surface area contributed by atoms with Crippen LogP contribution in [-0.2, 0) is 14.8 Å². The van der Waals surface area contributed by atoms with Crippen molar-refractivity contribution in [3.8, 4) is 17.2 Å². The molecule has 1 heterocycles. The van der Waals surface area contributed by atoms with Crippen LogP contribution < -0.4 is 23.8 Å². The maximum atomic E-state index is 13.6. The van der Waals surface area contributed by atoms with Gasteiger partial charge >= 0.3 is 0 Å². The fourth-order valence-corrected chi connectivity index (χ4v) is 5.44. The molecule has 0 bridgehead atoms. The maximum Gasteiger partial charge on any atom is 0.264 e. The number of amides is 1. The quantitative estimate of drug-likeness (QED) is 0.398. The lowest BCUT2D eigenvalue weighted by molar-refractivity contribution is -0.120. The summed E-state index contributed by atoms with van der Waals surface area (Å²) in [7, 11) is -4.03. The van der Waals surface area contributed by atoms with E-state index in [9.17, 15) is 13.2 Å². The third-order valence-corrected chi connectivity index (χ3v) is 7.89. The van der Waals surface area contributed by atoms with Gasteiger partial charge in [-0.05, 0) is 80.1 Å². The van der Waals surface area contributed by atoms with Crippen molar-refractivity contribution >= 4 is 37.5 Å². The Balaban J connectivity index is 1.57. The number of hydrogen-bond donors (Lipinski definition) is 1. The Labute approximate surface area is 219 Å². The molecular weight excluding hydrogens is 548 g/mol. The number of hydrogen-bond acceptors (Lipinski definition) is 6. The van der Waals surface area contributed by atoms with E-state index >= 15 is 0 Å². The molecule has 3 aromatic carbocycles.